The largest absolute Gasteiger partial charge is 0.368 e. The number of benzene rings is 1. The molecule has 8 heteroatoms. The lowest BCUT2D eigenvalue weighted by atomic mass is 9.68. The Morgan fingerprint density at radius 2 is 1.86 bits per heavy atom. The summed E-state index contributed by atoms with van der Waals surface area (Å²) in [7, 11) is 0. The number of hydrogen-bond acceptors (Lipinski definition) is 6. The van der Waals surface area contributed by atoms with Gasteiger partial charge in [-0.25, -0.2) is 14.6 Å². The fraction of sp³-hybridized carbons (Fsp3) is 0.333. The topological polar surface area (TPSA) is 113 Å². The van der Waals surface area contributed by atoms with Crippen LogP contribution in [0.2, 0.25) is 5.02 Å². The van der Waals surface area contributed by atoms with Crippen LogP contribution in [0.4, 0.5) is 5.95 Å². The van der Waals surface area contributed by atoms with Crippen molar-refractivity contribution < 1.29 is 0 Å². The molecule has 0 atom stereocenters. The Hall–Kier alpha value is -2.77. The molecule has 29 heavy (non-hydrogen) atoms. The van der Waals surface area contributed by atoms with Crippen LogP contribution >= 0.6 is 11.6 Å². The van der Waals surface area contributed by atoms with Crippen LogP contribution in [-0.4, -0.2) is 26.3 Å². The predicted molar refractivity (Wildman–Crippen MR) is 114 cm³/mol. The van der Waals surface area contributed by atoms with Crippen molar-refractivity contribution in [1.29, 1.82) is 0 Å². The van der Waals surface area contributed by atoms with Crippen LogP contribution in [0.15, 0.2) is 53.6 Å². The average molecular weight is 411 g/mol. The zero-order chi connectivity index (χ0) is 20.4. The van der Waals surface area contributed by atoms with E-state index < -0.39 is 0 Å². The third kappa shape index (κ3) is 3.88. The van der Waals surface area contributed by atoms with E-state index in [9.17, 15) is 4.79 Å². The molecule has 0 spiro atoms. The van der Waals surface area contributed by atoms with Gasteiger partial charge in [0, 0.05) is 41.0 Å². The molecule has 0 radical (unpaired) electrons. The summed E-state index contributed by atoms with van der Waals surface area (Å²) in [6.45, 7) is 0.547. The van der Waals surface area contributed by atoms with Crippen molar-refractivity contribution >= 4 is 17.5 Å². The number of anilines is 1. The SMILES string of the molecule is NC[C@]1(c2cccc(Cl)c2)CC[C@@H](n2nc(-c3cnc(N)nc3)ccc2=O)CC1. The van der Waals surface area contributed by atoms with E-state index in [0.717, 1.165) is 31.2 Å². The molecule has 150 valence electrons. The summed E-state index contributed by atoms with van der Waals surface area (Å²) >= 11 is 6.20. The zero-order valence-electron chi connectivity index (χ0n) is 16.0. The van der Waals surface area contributed by atoms with Crippen LogP contribution in [0.5, 0.6) is 0 Å². The second-order valence-electron chi connectivity index (χ2n) is 7.56. The zero-order valence-corrected chi connectivity index (χ0v) is 16.7. The standard InChI is InChI=1S/C21H23ClN6O/c22-16-3-1-2-15(10-16)21(13-23)8-6-17(7-9-21)28-19(29)5-4-18(27-28)14-11-25-20(24)26-12-14/h1-5,10-12,17H,6-9,13,23H2,(H2,24,25,26)/t17-,21+. The van der Waals surface area contributed by atoms with Gasteiger partial charge >= 0.3 is 0 Å². The van der Waals surface area contributed by atoms with Gasteiger partial charge in [0.05, 0.1) is 11.7 Å². The summed E-state index contributed by atoms with van der Waals surface area (Å²) in [5.74, 6) is 0.202. The number of nitrogen functional groups attached to an aromatic ring is 1. The third-order valence-corrected chi connectivity index (χ3v) is 6.11. The Morgan fingerprint density at radius 1 is 1.14 bits per heavy atom. The maximum absolute atomic E-state index is 12.5. The molecule has 3 aromatic rings. The van der Waals surface area contributed by atoms with Crippen LogP contribution < -0.4 is 17.0 Å². The average Bonchev–Trinajstić information content (AvgIpc) is 2.75. The molecule has 1 fully saturated rings. The third-order valence-electron chi connectivity index (χ3n) is 5.88. The maximum atomic E-state index is 12.5. The molecular weight excluding hydrogens is 388 g/mol. The molecule has 1 aromatic carbocycles. The molecule has 4 N–H and O–H groups in total. The van der Waals surface area contributed by atoms with Crippen LogP contribution in [-0.2, 0) is 5.41 Å². The monoisotopic (exact) mass is 410 g/mol. The minimum absolute atomic E-state index is 0.0241. The first kappa shape index (κ1) is 19.5. The number of halogens is 1. The molecule has 1 aliphatic rings. The van der Waals surface area contributed by atoms with E-state index in [-0.39, 0.29) is 23.0 Å². The fourth-order valence-corrected chi connectivity index (χ4v) is 4.33. The van der Waals surface area contributed by atoms with Gasteiger partial charge in [-0.2, -0.15) is 5.10 Å². The Labute approximate surface area is 173 Å². The highest BCUT2D eigenvalue weighted by molar-refractivity contribution is 6.30. The van der Waals surface area contributed by atoms with Crippen molar-refractivity contribution in [1.82, 2.24) is 19.7 Å². The van der Waals surface area contributed by atoms with E-state index in [1.807, 2.05) is 18.2 Å². The van der Waals surface area contributed by atoms with Gasteiger partial charge in [-0.15, -0.1) is 0 Å². The Morgan fingerprint density at radius 3 is 2.52 bits per heavy atom. The van der Waals surface area contributed by atoms with Crippen molar-refractivity contribution in [2.24, 2.45) is 5.73 Å². The van der Waals surface area contributed by atoms with Crippen LogP contribution in [0.3, 0.4) is 0 Å². The van der Waals surface area contributed by atoms with E-state index in [0.29, 0.717) is 17.3 Å². The number of rotatable bonds is 4. The van der Waals surface area contributed by atoms with Crippen molar-refractivity contribution in [3.63, 3.8) is 0 Å². The van der Waals surface area contributed by atoms with Gasteiger partial charge in [-0.1, -0.05) is 23.7 Å². The maximum Gasteiger partial charge on any atom is 0.267 e. The molecule has 7 nitrogen and oxygen atoms in total. The lowest BCUT2D eigenvalue weighted by molar-refractivity contribution is 0.222. The molecule has 0 saturated heterocycles. The summed E-state index contributed by atoms with van der Waals surface area (Å²) in [5, 5.41) is 5.30. The van der Waals surface area contributed by atoms with Crippen LogP contribution in [0.25, 0.3) is 11.3 Å². The van der Waals surface area contributed by atoms with Gasteiger partial charge in [-0.05, 0) is 49.4 Å². The first-order valence-corrected chi connectivity index (χ1v) is 10.0. The lowest BCUT2D eigenvalue weighted by Crippen LogP contribution is -2.41. The van der Waals surface area contributed by atoms with E-state index in [1.54, 1.807) is 29.2 Å². The molecule has 4 rings (SSSR count). The van der Waals surface area contributed by atoms with E-state index in [4.69, 9.17) is 23.1 Å². The fourth-order valence-electron chi connectivity index (χ4n) is 4.14. The highest BCUT2D eigenvalue weighted by atomic mass is 35.5. The number of hydrogen-bond donors (Lipinski definition) is 2. The number of aromatic nitrogens is 4. The molecular formula is C21H23ClN6O. The first-order valence-electron chi connectivity index (χ1n) is 9.65. The van der Waals surface area contributed by atoms with Crippen molar-refractivity contribution in [3.8, 4) is 11.3 Å². The van der Waals surface area contributed by atoms with E-state index in [1.165, 1.54) is 5.56 Å². The first-order chi connectivity index (χ1) is 14.0. The van der Waals surface area contributed by atoms with E-state index >= 15 is 0 Å². The van der Waals surface area contributed by atoms with Gasteiger partial charge < -0.3 is 11.5 Å². The lowest BCUT2D eigenvalue weighted by Gasteiger charge is -2.40. The van der Waals surface area contributed by atoms with Gasteiger partial charge in [0.15, 0.2) is 0 Å². The summed E-state index contributed by atoms with van der Waals surface area (Å²) in [4.78, 5) is 20.5. The molecule has 0 unspecified atom stereocenters. The number of nitrogens with two attached hydrogens (primary N) is 2. The molecule has 2 aromatic heterocycles. The summed E-state index contributed by atoms with van der Waals surface area (Å²) in [5.41, 5.74) is 14.1. The molecule has 2 heterocycles. The highest BCUT2D eigenvalue weighted by Gasteiger charge is 2.37. The van der Waals surface area contributed by atoms with E-state index in [2.05, 4.69) is 21.1 Å². The quantitative estimate of drug-likeness (QED) is 0.683. The highest BCUT2D eigenvalue weighted by Crippen LogP contribution is 2.42. The molecule has 1 aliphatic carbocycles. The summed E-state index contributed by atoms with van der Waals surface area (Å²) in [6.07, 6.45) is 6.60. The van der Waals surface area contributed by atoms with Gasteiger partial charge in [0.2, 0.25) is 5.95 Å². The van der Waals surface area contributed by atoms with Crippen molar-refractivity contribution in [2.45, 2.75) is 37.1 Å². The Balaban J connectivity index is 1.59. The summed E-state index contributed by atoms with van der Waals surface area (Å²) in [6, 6.07) is 11.2. The second kappa shape index (κ2) is 7.93. The number of nitrogens with zero attached hydrogens (tertiary/aromatic N) is 4. The second-order valence-corrected chi connectivity index (χ2v) is 7.99. The van der Waals surface area contributed by atoms with Gasteiger partial charge in [0.25, 0.3) is 5.56 Å². The predicted octanol–water partition coefficient (Wildman–Crippen LogP) is 2.95. The van der Waals surface area contributed by atoms with Crippen molar-refractivity contribution in [3.05, 3.63) is 69.7 Å². The molecule has 0 bridgehead atoms. The minimum atomic E-state index is -0.118. The van der Waals surface area contributed by atoms with Crippen LogP contribution in [0, 0.1) is 0 Å². The molecule has 1 saturated carbocycles. The smallest absolute Gasteiger partial charge is 0.267 e. The van der Waals surface area contributed by atoms with Gasteiger partial charge in [-0.3, -0.25) is 4.79 Å². The molecule has 0 aliphatic heterocycles. The Bertz CT molecular complexity index is 1060. The summed E-state index contributed by atoms with van der Waals surface area (Å²) < 4.78 is 1.59. The van der Waals surface area contributed by atoms with Crippen molar-refractivity contribution in [2.75, 3.05) is 12.3 Å². The van der Waals surface area contributed by atoms with Crippen LogP contribution in [0.1, 0.15) is 37.3 Å². The normalized spacial score (nSPS) is 21.8. The minimum Gasteiger partial charge on any atom is -0.368 e. The van der Waals surface area contributed by atoms with Gasteiger partial charge in [0.1, 0.15) is 0 Å². The Kier molecular flexibility index (Phi) is 5.34. The molecule has 0 amide bonds.